The van der Waals surface area contributed by atoms with Crippen LogP contribution in [0.2, 0.25) is 5.28 Å². The Bertz CT molecular complexity index is 1340. The number of rotatable bonds is 2. The van der Waals surface area contributed by atoms with Gasteiger partial charge in [-0.25, -0.2) is 9.97 Å². The average molecular weight is 452 g/mol. The maximum Gasteiger partial charge on any atom is 0.262 e. The number of amides is 1. The summed E-state index contributed by atoms with van der Waals surface area (Å²) in [6.07, 6.45) is 1.61. The van der Waals surface area contributed by atoms with Gasteiger partial charge in [0.15, 0.2) is 0 Å². The van der Waals surface area contributed by atoms with Crippen molar-refractivity contribution in [3.63, 3.8) is 0 Å². The number of fused-ring (bicyclic) bond motifs is 2. The van der Waals surface area contributed by atoms with Crippen LogP contribution in [0.3, 0.4) is 0 Å². The first-order chi connectivity index (χ1) is 14.9. The molecule has 0 aliphatic carbocycles. The first kappa shape index (κ1) is 19.8. The van der Waals surface area contributed by atoms with Crippen molar-refractivity contribution in [1.82, 2.24) is 9.97 Å². The predicted octanol–water partition coefficient (Wildman–Crippen LogP) is 5.40. The molecule has 0 bridgehead atoms. The van der Waals surface area contributed by atoms with Crippen LogP contribution in [0.25, 0.3) is 21.5 Å². The largest absolute Gasteiger partial charge is 0.508 e. The minimum atomic E-state index is -0.301. The molecule has 0 saturated carbocycles. The van der Waals surface area contributed by atoms with E-state index in [1.54, 1.807) is 16.2 Å². The quantitative estimate of drug-likeness (QED) is 0.398. The Balaban J connectivity index is 1.59. The summed E-state index contributed by atoms with van der Waals surface area (Å²) in [6, 6.07) is 11.8. The van der Waals surface area contributed by atoms with Gasteiger partial charge in [0.05, 0.1) is 21.5 Å². The van der Waals surface area contributed by atoms with Gasteiger partial charge in [-0.05, 0) is 72.6 Å². The molecule has 6 nitrogen and oxygen atoms in total. The number of carbonyl (C=O) groups excluding carboxylic acids is 1. The Labute approximate surface area is 187 Å². The number of halogens is 1. The molecule has 156 valence electrons. The summed E-state index contributed by atoms with van der Waals surface area (Å²) >= 11 is 7.70. The van der Waals surface area contributed by atoms with E-state index < -0.39 is 0 Å². The van der Waals surface area contributed by atoms with Gasteiger partial charge in [0.1, 0.15) is 11.5 Å². The Morgan fingerprint density at radius 2 is 2.00 bits per heavy atom. The van der Waals surface area contributed by atoms with E-state index >= 15 is 0 Å². The van der Waals surface area contributed by atoms with Crippen molar-refractivity contribution in [3.05, 3.63) is 64.3 Å². The van der Waals surface area contributed by atoms with E-state index in [1.165, 1.54) is 18.2 Å². The molecule has 2 aromatic heterocycles. The summed E-state index contributed by atoms with van der Waals surface area (Å²) in [7, 11) is 0. The van der Waals surface area contributed by atoms with Crippen molar-refractivity contribution in [2.45, 2.75) is 25.8 Å². The number of thiophene rings is 1. The lowest BCUT2D eigenvalue weighted by Gasteiger charge is -2.35. The van der Waals surface area contributed by atoms with Crippen LogP contribution in [0.1, 0.15) is 29.3 Å². The Morgan fingerprint density at radius 3 is 2.81 bits per heavy atom. The third-order valence-electron chi connectivity index (χ3n) is 5.59. The van der Waals surface area contributed by atoms with Crippen molar-refractivity contribution >= 4 is 44.7 Å². The Morgan fingerprint density at radius 1 is 1.16 bits per heavy atom. The van der Waals surface area contributed by atoms with Gasteiger partial charge in [-0.2, -0.15) is 0 Å². The van der Waals surface area contributed by atoms with Gasteiger partial charge in [0, 0.05) is 23.4 Å². The fraction of sp³-hybridized carbons (Fsp3) is 0.174. The summed E-state index contributed by atoms with van der Waals surface area (Å²) in [5.74, 6) is -0.629. The number of hydrogen-bond donors (Lipinski definition) is 2. The number of nitrogens with zero attached hydrogens (tertiary/aromatic N) is 3. The van der Waals surface area contributed by atoms with Crippen LogP contribution in [-0.2, 0) is 6.42 Å². The SMILES string of the molecule is C[C@H]1CCc2cc(-c3nc(Cl)nc4ccsc34)ccc2N1C(=O)c1ccc(O)cc1O. The molecule has 1 atom stereocenters. The fourth-order valence-electron chi connectivity index (χ4n) is 4.07. The molecule has 0 saturated heterocycles. The number of aryl methyl sites for hydroxylation is 1. The van der Waals surface area contributed by atoms with Crippen LogP contribution in [0.5, 0.6) is 11.5 Å². The maximum atomic E-state index is 13.3. The zero-order valence-corrected chi connectivity index (χ0v) is 18.1. The highest BCUT2D eigenvalue weighted by molar-refractivity contribution is 7.17. The number of phenolic OH excluding ortho intramolecular Hbond substituents is 2. The van der Waals surface area contributed by atoms with E-state index in [0.29, 0.717) is 0 Å². The van der Waals surface area contributed by atoms with Gasteiger partial charge >= 0.3 is 0 Å². The van der Waals surface area contributed by atoms with Crippen molar-refractivity contribution in [2.75, 3.05) is 4.90 Å². The molecule has 1 aliphatic rings. The van der Waals surface area contributed by atoms with E-state index in [-0.39, 0.29) is 34.3 Å². The summed E-state index contributed by atoms with van der Waals surface area (Å²) < 4.78 is 0.968. The molecule has 1 amide bonds. The number of aromatic nitrogens is 2. The Kier molecular flexibility index (Phi) is 4.79. The maximum absolute atomic E-state index is 13.3. The van der Waals surface area contributed by atoms with Crippen LogP contribution in [0.15, 0.2) is 47.8 Å². The molecule has 2 N–H and O–H groups in total. The van der Waals surface area contributed by atoms with Crippen molar-refractivity contribution in [1.29, 1.82) is 0 Å². The molecule has 8 heteroatoms. The van der Waals surface area contributed by atoms with Gasteiger partial charge in [-0.1, -0.05) is 6.07 Å². The number of phenols is 2. The number of anilines is 1. The summed E-state index contributed by atoms with van der Waals surface area (Å²) in [5.41, 5.74) is 4.50. The van der Waals surface area contributed by atoms with Crippen molar-refractivity contribution < 1.29 is 15.0 Å². The zero-order valence-electron chi connectivity index (χ0n) is 16.5. The molecule has 5 rings (SSSR count). The highest BCUT2D eigenvalue weighted by Crippen LogP contribution is 2.38. The smallest absolute Gasteiger partial charge is 0.262 e. The first-order valence-electron chi connectivity index (χ1n) is 9.82. The van der Waals surface area contributed by atoms with E-state index in [1.807, 2.05) is 30.5 Å². The summed E-state index contributed by atoms with van der Waals surface area (Å²) in [6.45, 7) is 1.99. The lowest BCUT2D eigenvalue weighted by molar-refractivity contribution is 0.0972. The molecular weight excluding hydrogens is 434 g/mol. The van der Waals surface area contributed by atoms with E-state index in [2.05, 4.69) is 16.0 Å². The molecule has 0 unspecified atom stereocenters. The molecule has 3 heterocycles. The highest BCUT2D eigenvalue weighted by atomic mass is 35.5. The molecule has 2 aromatic carbocycles. The van der Waals surface area contributed by atoms with Crippen LogP contribution < -0.4 is 4.90 Å². The number of aromatic hydroxyl groups is 2. The average Bonchev–Trinajstić information content (AvgIpc) is 3.20. The molecule has 0 fully saturated rings. The van der Waals surface area contributed by atoms with Crippen LogP contribution in [0.4, 0.5) is 5.69 Å². The number of hydrogen-bond acceptors (Lipinski definition) is 6. The van der Waals surface area contributed by atoms with E-state index in [9.17, 15) is 15.0 Å². The van der Waals surface area contributed by atoms with Crippen molar-refractivity contribution in [3.8, 4) is 22.8 Å². The lowest BCUT2D eigenvalue weighted by Crippen LogP contribution is -2.42. The fourth-order valence-corrected chi connectivity index (χ4v) is 5.09. The minimum absolute atomic E-state index is 0.0310. The second kappa shape index (κ2) is 7.51. The van der Waals surface area contributed by atoms with E-state index in [4.69, 9.17) is 11.6 Å². The predicted molar refractivity (Wildman–Crippen MR) is 122 cm³/mol. The van der Waals surface area contributed by atoms with Gasteiger partial charge in [0.2, 0.25) is 5.28 Å². The van der Waals surface area contributed by atoms with Gasteiger partial charge in [-0.3, -0.25) is 4.79 Å². The monoisotopic (exact) mass is 451 g/mol. The van der Waals surface area contributed by atoms with Gasteiger partial charge in [-0.15, -0.1) is 11.3 Å². The third kappa shape index (κ3) is 3.40. The first-order valence-corrected chi connectivity index (χ1v) is 11.1. The van der Waals surface area contributed by atoms with Crippen LogP contribution in [0, 0.1) is 0 Å². The second-order valence-electron chi connectivity index (χ2n) is 7.58. The third-order valence-corrected chi connectivity index (χ3v) is 6.67. The Hall–Kier alpha value is -3.16. The molecular formula is C23H18ClN3O3S. The van der Waals surface area contributed by atoms with Gasteiger partial charge < -0.3 is 15.1 Å². The van der Waals surface area contributed by atoms with Gasteiger partial charge in [0.25, 0.3) is 5.91 Å². The normalized spacial score (nSPS) is 15.8. The molecule has 31 heavy (non-hydrogen) atoms. The molecule has 4 aromatic rings. The van der Waals surface area contributed by atoms with Crippen molar-refractivity contribution in [2.24, 2.45) is 0 Å². The summed E-state index contributed by atoms with van der Waals surface area (Å²) in [4.78, 5) is 23.7. The highest BCUT2D eigenvalue weighted by Gasteiger charge is 2.30. The summed E-state index contributed by atoms with van der Waals surface area (Å²) in [5, 5.41) is 21.9. The minimum Gasteiger partial charge on any atom is -0.508 e. The topological polar surface area (TPSA) is 86.6 Å². The lowest BCUT2D eigenvalue weighted by atomic mass is 9.93. The standard InChI is InChI=1S/C23H18ClN3O3S/c1-12-2-3-13-10-14(20-21-17(8-9-31-21)25-23(24)26-20)4-7-18(13)27(12)22(30)16-6-5-15(28)11-19(16)29/h4-12,28-29H,2-3H2,1H3/t12-/m0/s1. The number of carbonyl (C=O) groups is 1. The number of benzene rings is 2. The second-order valence-corrected chi connectivity index (χ2v) is 8.84. The molecule has 0 spiro atoms. The zero-order chi connectivity index (χ0) is 21.7. The van der Waals surface area contributed by atoms with Crippen LogP contribution >= 0.6 is 22.9 Å². The molecule has 1 aliphatic heterocycles. The van der Waals surface area contributed by atoms with Crippen LogP contribution in [-0.4, -0.2) is 32.1 Å². The van der Waals surface area contributed by atoms with E-state index in [0.717, 1.165) is 45.6 Å². The molecule has 0 radical (unpaired) electrons.